The van der Waals surface area contributed by atoms with Crippen LogP contribution >= 0.6 is 0 Å². The number of hydrogen-bond donors (Lipinski definition) is 0. The highest BCUT2D eigenvalue weighted by Crippen LogP contribution is 2.35. The quantitative estimate of drug-likeness (QED) is 0.564. The molecule has 0 heteroatoms. The zero-order valence-electron chi connectivity index (χ0n) is 9.47. The Kier molecular flexibility index (Phi) is 4.02. The largest absolute Gasteiger partial charge is 0.100 e. The molecule has 0 unspecified atom stereocenters. The lowest BCUT2D eigenvalue weighted by Gasteiger charge is -2.30. The molecule has 0 bridgehead atoms. The molecule has 0 aliphatic heterocycles. The summed E-state index contributed by atoms with van der Waals surface area (Å²) in [5.41, 5.74) is 1.35. The summed E-state index contributed by atoms with van der Waals surface area (Å²) >= 11 is 0. The van der Waals surface area contributed by atoms with Crippen LogP contribution in [0.25, 0.3) is 0 Å². The van der Waals surface area contributed by atoms with Crippen LogP contribution in [0.15, 0.2) is 12.2 Å². The van der Waals surface area contributed by atoms with Crippen LogP contribution in [-0.4, -0.2) is 0 Å². The minimum absolute atomic E-state index is 0.866. The van der Waals surface area contributed by atoms with Gasteiger partial charge in [0, 0.05) is 0 Å². The first-order valence-corrected chi connectivity index (χ1v) is 5.74. The van der Waals surface area contributed by atoms with Gasteiger partial charge in [0.2, 0.25) is 0 Å². The van der Waals surface area contributed by atoms with E-state index in [9.17, 15) is 0 Å². The molecule has 1 atom stereocenters. The van der Waals surface area contributed by atoms with E-state index in [2.05, 4.69) is 27.4 Å². The van der Waals surface area contributed by atoms with Gasteiger partial charge in [-0.1, -0.05) is 32.3 Å². The van der Waals surface area contributed by atoms with E-state index >= 15 is 0 Å². The topological polar surface area (TPSA) is 0 Å². The van der Waals surface area contributed by atoms with Gasteiger partial charge in [-0.25, -0.2) is 0 Å². The summed E-state index contributed by atoms with van der Waals surface area (Å²) in [5, 5.41) is 0. The standard InChI is InChI=1S/C13H24/c1-10(2)9-12(4)13-7-5-11(3)6-8-13/h11-13H,1,5-9H2,2-4H3/t11?,12-,13?/m0/s1. The first kappa shape index (κ1) is 10.8. The van der Waals surface area contributed by atoms with Crippen LogP contribution in [0.2, 0.25) is 0 Å². The maximum Gasteiger partial charge on any atom is -0.0297 e. The van der Waals surface area contributed by atoms with Crippen molar-refractivity contribution in [2.45, 2.75) is 52.9 Å². The van der Waals surface area contributed by atoms with Gasteiger partial charge >= 0.3 is 0 Å². The predicted octanol–water partition coefficient (Wildman–Crippen LogP) is 4.42. The number of hydrogen-bond acceptors (Lipinski definition) is 0. The molecule has 0 spiro atoms. The van der Waals surface area contributed by atoms with Crippen LogP contribution in [0.1, 0.15) is 52.9 Å². The van der Waals surface area contributed by atoms with Gasteiger partial charge in [-0.05, 0) is 43.9 Å². The highest BCUT2D eigenvalue weighted by atomic mass is 14.3. The summed E-state index contributed by atoms with van der Waals surface area (Å²) in [7, 11) is 0. The molecule has 76 valence electrons. The van der Waals surface area contributed by atoms with Crippen LogP contribution in [0.4, 0.5) is 0 Å². The molecule has 0 aromatic rings. The summed E-state index contributed by atoms with van der Waals surface area (Å²) in [6, 6.07) is 0. The van der Waals surface area contributed by atoms with E-state index in [1.807, 2.05) is 0 Å². The molecule has 1 aliphatic carbocycles. The van der Waals surface area contributed by atoms with E-state index in [4.69, 9.17) is 0 Å². The summed E-state index contributed by atoms with van der Waals surface area (Å²) in [5.74, 6) is 2.83. The SMILES string of the molecule is C=C(C)C[C@H](C)C1CCC(C)CC1. The molecule has 0 amide bonds. The van der Waals surface area contributed by atoms with Gasteiger partial charge in [-0.15, -0.1) is 6.58 Å². The van der Waals surface area contributed by atoms with Gasteiger partial charge in [0.05, 0.1) is 0 Å². The van der Waals surface area contributed by atoms with Crippen molar-refractivity contribution in [2.75, 3.05) is 0 Å². The third kappa shape index (κ3) is 3.54. The first-order chi connectivity index (χ1) is 6.09. The van der Waals surface area contributed by atoms with Crippen molar-refractivity contribution in [1.82, 2.24) is 0 Å². The second-order valence-electron chi connectivity index (χ2n) is 5.16. The molecule has 0 nitrogen and oxygen atoms in total. The fourth-order valence-electron chi connectivity index (χ4n) is 2.57. The Morgan fingerprint density at radius 3 is 2.31 bits per heavy atom. The molecule has 1 saturated carbocycles. The molecule has 0 N–H and O–H groups in total. The van der Waals surface area contributed by atoms with E-state index < -0.39 is 0 Å². The normalized spacial score (nSPS) is 31.3. The van der Waals surface area contributed by atoms with E-state index in [-0.39, 0.29) is 0 Å². The van der Waals surface area contributed by atoms with Gasteiger partial charge in [0.1, 0.15) is 0 Å². The van der Waals surface area contributed by atoms with Crippen LogP contribution in [0, 0.1) is 17.8 Å². The Morgan fingerprint density at radius 1 is 1.31 bits per heavy atom. The molecular formula is C13H24. The van der Waals surface area contributed by atoms with Crippen LogP contribution in [0.3, 0.4) is 0 Å². The number of rotatable bonds is 3. The Hall–Kier alpha value is -0.260. The van der Waals surface area contributed by atoms with Crippen molar-refractivity contribution in [2.24, 2.45) is 17.8 Å². The van der Waals surface area contributed by atoms with Crippen molar-refractivity contribution < 1.29 is 0 Å². The maximum atomic E-state index is 4.00. The lowest BCUT2D eigenvalue weighted by Crippen LogP contribution is -2.18. The van der Waals surface area contributed by atoms with Crippen molar-refractivity contribution >= 4 is 0 Å². The van der Waals surface area contributed by atoms with Crippen molar-refractivity contribution in [3.05, 3.63) is 12.2 Å². The minimum Gasteiger partial charge on any atom is -0.100 e. The second kappa shape index (κ2) is 4.83. The number of allylic oxidation sites excluding steroid dienone is 1. The molecule has 13 heavy (non-hydrogen) atoms. The summed E-state index contributed by atoms with van der Waals surface area (Å²) in [6.45, 7) is 10.9. The average molecular weight is 180 g/mol. The van der Waals surface area contributed by atoms with E-state index in [1.54, 1.807) is 0 Å². The zero-order chi connectivity index (χ0) is 9.84. The molecule has 1 fully saturated rings. The molecule has 0 heterocycles. The van der Waals surface area contributed by atoms with Gasteiger partial charge < -0.3 is 0 Å². The third-order valence-corrected chi connectivity index (χ3v) is 3.54. The molecule has 1 rings (SSSR count). The third-order valence-electron chi connectivity index (χ3n) is 3.54. The lowest BCUT2D eigenvalue weighted by molar-refractivity contribution is 0.222. The van der Waals surface area contributed by atoms with Crippen molar-refractivity contribution in [1.29, 1.82) is 0 Å². The van der Waals surface area contributed by atoms with Crippen LogP contribution < -0.4 is 0 Å². The fourth-order valence-corrected chi connectivity index (χ4v) is 2.57. The maximum absolute atomic E-state index is 4.00. The Morgan fingerprint density at radius 2 is 1.85 bits per heavy atom. The fraction of sp³-hybridized carbons (Fsp3) is 0.846. The average Bonchev–Trinajstić information content (AvgIpc) is 2.04. The van der Waals surface area contributed by atoms with Gasteiger partial charge in [0.25, 0.3) is 0 Å². The molecule has 0 aromatic carbocycles. The monoisotopic (exact) mass is 180 g/mol. The van der Waals surface area contributed by atoms with Crippen LogP contribution in [0.5, 0.6) is 0 Å². The zero-order valence-corrected chi connectivity index (χ0v) is 9.47. The van der Waals surface area contributed by atoms with E-state index in [1.165, 1.54) is 37.7 Å². The highest BCUT2D eigenvalue weighted by Gasteiger charge is 2.22. The molecular weight excluding hydrogens is 156 g/mol. The molecule has 1 aliphatic rings. The Balaban J connectivity index is 2.31. The second-order valence-corrected chi connectivity index (χ2v) is 5.16. The van der Waals surface area contributed by atoms with Gasteiger partial charge in [-0.3, -0.25) is 0 Å². The van der Waals surface area contributed by atoms with Gasteiger partial charge in [-0.2, -0.15) is 0 Å². The van der Waals surface area contributed by atoms with Gasteiger partial charge in [0.15, 0.2) is 0 Å². The Labute approximate surface area is 83.4 Å². The molecule has 0 aromatic heterocycles. The highest BCUT2D eigenvalue weighted by molar-refractivity contribution is 4.91. The Bertz CT molecular complexity index is 161. The summed E-state index contributed by atoms with van der Waals surface area (Å²) < 4.78 is 0. The first-order valence-electron chi connectivity index (χ1n) is 5.74. The molecule has 0 radical (unpaired) electrons. The lowest BCUT2D eigenvalue weighted by atomic mass is 9.75. The minimum atomic E-state index is 0.866. The summed E-state index contributed by atoms with van der Waals surface area (Å²) in [6.07, 6.45) is 7.04. The van der Waals surface area contributed by atoms with Crippen molar-refractivity contribution in [3.63, 3.8) is 0 Å². The van der Waals surface area contributed by atoms with E-state index in [0.29, 0.717) is 0 Å². The predicted molar refractivity (Wildman–Crippen MR) is 59.7 cm³/mol. The van der Waals surface area contributed by atoms with E-state index in [0.717, 1.165) is 17.8 Å². The smallest absolute Gasteiger partial charge is 0.0297 e. The van der Waals surface area contributed by atoms with Crippen molar-refractivity contribution in [3.8, 4) is 0 Å². The molecule has 0 saturated heterocycles. The summed E-state index contributed by atoms with van der Waals surface area (Å²) in [4.78, 5) is 0. The van der Waals surface area contributed by atoms with Crippen LogP contribution in [-0.2, 0) is 0 Å².